The second-order valence-electron chi connectivity index (χ2n) is 9.63. The van der Waals surface area contributed by atoms with Crippen molar-refractivity contribution in [3.8, 4) is 33.8 Å². The van der Waals surface area contributed by atoms with E-state index in [0.29, 0.717) is 24.0 Å². The number of primary amides is 1. The van der Waals surface area contributed by atoms with E-state index in [1.54, 1.807) is 14.2 Å². The first-order chi connectivity index (χ1) is 19.6. The monoisotopic (exact) mass is 557 g/mol. The van der Waals surface area contributed by atoms with Crippen LogP contribution in [0.1, 0.15) is 25.0 Å². The zero-order valence-corrected chi connectivity index (χ0v) is 23.5. The lowest BCUT2D eigenvalue weighted by Crippen LogP contribution is -2.13. The molecule has 5 N–H and O–H groups in total. The second kappa shape index (κ2) is 14.4. The van der Waals surface area contributed by atoms with Crippen molar-refractivity contribution in [3.63, 3.8) is 0 Å². The Kier molecular flexibility index (Phi) is 10.7. The smallest absolute Gasteiger partial charge is 0.432 e. The molecular weight excluding hydrogens is 522 g/mol. The maximum atomic E-state index is 10.7. The minimum atomic E-state index is -1.33. The van der Waals surface area contributed by atoms with Crippen LogP contribution in [0.2, 0.25) is 0 Å². The minimum Gasteiger partial charge on any atom is -0.493 e. The predicted octanol–water partition coefficient (Wildman–Crippen LogP) is 6.81. The number of nitrogens with two attached hydrogens (primary N) is 1. The van der Waals surface area contributed by atoms with Crippen LogP contribution in [0.5, 0.6) is 11.5 Å². The van der Waals surface area contributed by atoms with Crippen LogP contribution < -0.4 is 20.5 Å². The van der Waals surface area contributed by atoms with Gasteiger partial charge in [-0.3, -0.25) is 0 Å². The number of hydrogen-bond donors (Lipinski definition) is 4. The van der Waals surface area contributed by atoms with Crippen LogP contribution in [0.3, 0.4) is 0 Å². The van der Waals surface area contributed by atoms with Crippen molar-refractivity contribution in [3.05, 3.63) is 83.9 Å². The normalized spacial score (nSPS) is 10.8. The number of amides is 2. The molecule has 214 valence electrons. The van der Waals surface area contributed by atoms with Gasteiger partial charge in [-0.15, -0.1) is 0 Å². The van der Waals surface area contributed by atoms with Crippen LogP contribution in [0.15, 0.2) is 77.8 Å². The minimum absolute atomic E-state index is 0.368. The first kappa shape index (κ1) is 30.5. The van der Waals surface area contributed by atoms with Crippen LogP contribution >= 0.6 is 0 Å². The van der Waals surface area contributed by atoms with Gasteiger partial charge in [0.05, 0.1) is 20.6 Å². The molecule has 0 spiro atoms. The first-order valence-corrected chi connectivity index (χ1v) is 13.0. The molecule has 0 bridgehead atoms. The molecule has 9 heteroatoms. The Morgan fingerprint density at radius 1 is 0.951 bits per heavy atom. The van der Waals surface area contributed by atoms with E-state index in [1.807, 2.05) is 12.1 Å². The van der Waals surface area contributed by atoms with Gasteiger partial charge in [0.15, 0.2) is 11.5 Å². The summed E-state index contributed by atoms with van der Waals surface area (Å²) < 4.78 is 11.3. The Hall–Kier alpha value is -5.05. The van der Waals surface area contributed by atoms with Gasteiger partial charge in [-0.1, -0.05) is 74.5 Å². The molecular formula is C32H35N3O6. The van der Waals surface area contributed by atoms with Gasteiger partial charge in [0.2, 0.25) is 0 Å². The molecule has 4 aromatic rings. The lowest BCUT2D eigenvalue weighted by Gasteiger charge is -2.18. The van der Waals surface area contributed by atoms with Crippen LogP contribution in [0.4, 0.5) is 9.59 Å². The summed E-state index contributed by atoms with van der Waals surface area (Å²) in [6.07, 6.45) is -0.331. The Morgan fingerprint density at radius 3 is 2.24 bits per heavy atom. The average Bonchev–Trinajstić information content (AvgIpc) is 2.94. The van der Waals surface area contributed by atoms with Crippen LogP contribution in [-0.2, 0) is 13.0 Å². The molecule has 2 amide bonds. The highest BCUT2D eigenvalue weighted by Gasteiger charge is 2.17. The summed E-state index contributed by atoms with van der Waals surface area (Å²) in [4.78, 5) is 22.8. The fourth-order valence-electron chi connectivity index (χ4n) is 4.67. The number of fused-ring (bicyclic) bond motifs is 1. The Bertz CT molecular complexity index is 1530. The molecule has 0 saturated heterocycles. The van der Waals surface area contributed by atoms with Gasteiger partial charge in [-0.25, -0.2) is 9.59 Å². The van der Waals surface area contributed by atoms with Crippen molar-refractivity contribution in [1.29, 1.82) is 0 Å². The van der Waals surface area contributed by atoms with Crippen molar-refractivity contribution in [1.82, 2.24) is 5.32 Å². The molecule has 0 aliphatic heterocycles. The number of carboxylic acid groups (broad SMARTS) is 2. The number of carbonyl (C=O) groups is 2. The molecule has 0 unspecified atom stereocenters. The molecule has 4 rings (SSSR count). The van der Waals surface area contributed by atoms with Crippen molar-refractivity contribution in [2.45, 2.75) is 26.8 Å². The van der Waals surface area contributed by atoms with Crippen molar-refractivity contribution >= 4 is 29.3 Å². The predicted molar refractivity (Wildman–Crippen MR) is 162 cm³/mol. The molecule has 0 atom stereocenters. The van der Waals surface area contributed by atoms with Gasteiger partial charge in [0, 0.05) is 12.1 Å². The zero-order valence-electron chi connectivity index (χ0n) is 23.5. The summed E-state index contributed by atoms with van der Waals surface area (Å²) in [5.74, 6) is 1.86. The van der Waals surface area contributed by atoms with Crippen molar-refractivity contribution < 1.29 is 29.3 Å². The van der Waals surface area contributed by atoms with E-state index >= 15 is 0 Å². The number of nitrogens with zero attached hydrogens (tertiary/aromatic N) is 1. The highest BCUT2D eigenvalue weighted by Crippen LogP contribution is 2.42. The third-order valence-corrected chi connectivity index (χ3v) is 6.27. The number of methoxy groups -OCH3 is 2. The fourth-order valence-corrected chi connectivity index (χ4v) is 4.67. The highest BCUT2D eigenvalue weighted by atomic mass is 16.5. The maximum absolute atomic E-state index is 10.7. The summed E-state index contributed by atoms with van der Waals surface area (Å²) in [6, 6.07) is 25.4. The molecule has 0 fully saturated rings. The number of nitrogens with one attached hydrogen (secondary N) is 1. The van der Waals surface area contributed by atoms with Crippen LogP contribution in [0, 0.1) is 5.92 Å². The van der Waals surface area contributed by atoms with E-state index in [0.717, 1.165) is 33.9 Å². The number of aliphatic imine (C=N–C) groups is 1. The molecule has 4 aromatic carbocycles. The topological polar surface area (TPSA) is 143 Å². The number of benzene rings is 4. The largest absolute Gasteiger partial charge is 0.493 e. The van der Waals surface area contributed by atoms with Gasteiger partial charge >= 0.3 is 12.2 Å². The van der Waals surface area contributed by atoms with Crippen LogP contribution in [-0.4, -0.2) is 43.0 Å². The lowest BCUT2D eigenvalue weighted by molar-refractivity contribution is 0.204. The highest BCUT2D eigenvalue weighted by molar-refractivity contribution is 5.99. The van der Waals surface area contributed by atoms with Gasteiger partial charge in [-0.2, -0.15) is 4.99 Å². The zero-order chi connectivity index (χ0) is 29.9. The third-order valence-electron chi connectivity index (χ3n) is 6.27. The molecule has 0 aliphatic carbocycles. The van der Waals surface area contributed by atoms with Crippen molar-refractivity contribution in [2.24, 2.45) is 16.6 Å². The average molecular weight is 558 g/mol. The van der Waals surface area contributed by atoms with Gasteiger partial charge in [0.25, 0.3) is 0 Å². The Labute approximate surface area is 239 Å². The summed E-state index contributed by atoms with van der Waals surface area (Å²) in [6.45, 7) is 4.84. The second-order valence-corrected chi connectivity index (χ2v) is 9.63. The molecule has 0 aliphatic rings. The molecule has 0 aromatic heterocycles. The lowest BCUT2D eigenvalue weighted by atomic mass is 9.92. The van der Waals surface area contributed by atoms with E-state index in [2.05, 4.69) is 90.6 Å². The van der Waals surface area contributed by atoms with Crippen LogP contribution in [0.25, 0.3) is 33.0 Å². The van der Waals surface area contributed by atoms with Gasteiger partial charge < -0.3 is 30.7 Å². The van der Waals surface area contributed by atoms with Gasteiger partial charge in [-0.05, 0) is 63.1 Å². The fraction of sp³-hybridized carbons (Fsp3) is 0.219. The van der Waals surface area contributed by atoms with Crippen molar-refractivity contribution in [2.75, 3.05) is 14.2 Å². The molecule has 0 radical (unpaired) electrons. The van der Waals surface area contributed by atoms with E-state index in [-0.39, 0.29) is 0 Å². The summed E-state index contributed by atoms with van der Waals surface area (Å²) in [5.41, 5.74) is 10.5. The molecule has 0 heterocycles. The number of hydrogen-bond acceptors (Lipinski definition) is 4. The quantitative estimate of drug-likeness (QED) is 0.131. The summed E-state index contributed by atoms with van der Waals surface area (Å²) >= 11 is 0. The van der Waals surface area contributed by atoms with E-state index in [1.165, 1.54) is 23.0 Å². The first-order valence-electron chi connectivity index (χ1n) is 13.0. The molecule has 41 heavy (non-hydrogen) atoms. The van der Waals surface area contributed by atoms with E-state index < -0.39 is 12.2 Å². The summed E-state index contributed by atoms with van der Waals surface area (Å²) in [5, 5.41) is 21.2. The Morgan fingerprint density at radius 2 is 1.63 bits per heavy atom. The Balaban J connectivity index is 0.00000108. The number of rotatable bonds is 9. The summed E-state index contributed by atoms with van der Waals surface area (Å²) in [7, 11) is 3.23. The number of ether oxygens (including phenoxy) is 2. The van der Waals surface area contributed by atoms with E-state index in [4.69, 9.17) is 24.5 Å². The molecule has 0 saturated carbocycles. The molecule has 9 nitrogen and oxygen atoms in total. The third kappa shape index (κ3) is 8.22. The standard InChI is InChI=1S/C31H32N2O4.CH3NO2/c1-20(2)16-21-8-10-22(11-9-21)26-7-5-6-23-17-24(12-14-27(23)26)29-25(18-32-19-33-31(34)35)13-15-28(36-3)30(29)37-4;2-1(3)4/h5-15,17,19-20H,16,18H2,1-4H3,(H,32,33)(H,34,35);2H2,(H,3,4). The SMILES string of the molecule is COc1ccc(CNC=NC(=O)O)c(-c2ccc3c(-c4ccc(CC(C)C)cc4)cccc3c2)c1OC.NC(=O)O. The van der Waals surface area contributed by atoms with E-state index in [9.17, 15) is 4.79 Å². The maximum Gasteiger partial charge on any atom is 0.432 e. The van der Waals surface area contributed by atoms with Gasteiger partial charge in [0.1, 0.15) is 0 Å².